The number of β-amino-alcohol motifs (C(OH)–C–C–N with tert-alkyl or cyclic N) is 1. The predicted octanol–water partition coefficient (Wildman–Crippen LogP) is 0.146. The number of aromatic nitrogens is 1. The predicted molar refractivity (Wildman–Crippen MR) is 76.2 cm³/mol. The van der Waals surface area contributed by atoms with Gasteiger partial charge in [-0.1, -0.05) is 0 Å². The van der Waals surface area contributed by atoms with Crippen LogP contribution in [0.15, 0.2) is 12.1 Å². The lowest BCUT2D eigenvalue weighted by Crippen LogP contribution is -2.47. The van der Waals surface area contributed by atoms with E-state index in [0.29, 0.717) is 31.3 Å². The molecule has 1 fully saturated rings. The van der Waals surface area contributed by atoms with Gasteiger partial charge in [-0.2, -0.15) is 0 Å². The maximum atomic E-state index is 11.1. The summed E-state index contributed by atoms with van der Waals surface area (Å²) in [5, 5.41) is 22.9. The summed E-state index contributed by atoms with van der Waals surface area (Å²) in [6.07, 6.45) is 0. The van der Waals surface area contributed by atoms with E-state index < -0.39 is 4.92 Å². The second-order valence-corrected chi connectivity index (χ2v) is 4.60. The minimum absolute atomic E-state index is 0.0274. The van der Waals surface area contributed by atoms with Gasteiger partial charge in [0.25, 0.3) is 0 Å². The van der Waals surface area contributed by atoms with E-state index in [1.54, 1.807) is 13.1 Å². The monoisotopic (exact) mass is 281 g/mol. The molecule has 20 heavy (non-hydrogen) atoms. The molecule has 8 nitrogen and oxygen atoms in total. The Morgan fingerprint density at radius 2 is 2.10 bits per heavy atom. The second-order valence-electron chi connectivity index (χ2n) is 4.60. The molecule has 1 saturated heterocycles. The highest BCUT2D eigenvalue weighted by Crippen LogP contribution is 2.28. The molecule has 110 valence electrons. The number of piperazine rings is 1. The summed E-state index contributed by atoms with van der Waals surface area (Å²) >= 11 is 0. The van der Waals surface area contributed by atoms with E-state index in [9.17, 15) is 10.1 Å². The van der Waals surface area contributed by atoms with Crippen molar-refractivity contribution in [3.63, 3.8) is 0 Å². The molecule has 2 heterocycles. The van der Waals surface area contributed by atoms with Crippen LogP contribution in [-0.2, 0) is 0 Å². The number of nitro groups is 1. The lowest BCUT2D eigenvalue weighted by atomic mass is 10.2. The lowest BCUT2D eigenvalue weighted by molar-refractivity contribution is -0.384. The molecule has 0 saturated carbocycles. The molecule has 0 aromatic carbocycles. The van der Waals surface area contributed by atoms with Gasteiger partial charge in [-0.25, -0.2) is 4.98 Å². The average molecular weight is 281 g/mol. The fourth-order valence-electron chi connectivity index (χ4n) is 2.28. The van der Waals surface area contributed by atoms with Crippen molar-refractivity contribution in [3.05, 3.63) is 22.2 Å². The van der Waals surface area contributed by atoms with E-state index in [-0.39, 0.29) is 12.3 Å². The number of hydrogen-bond donors (Lipinski definition) is 2. The molecular formula is C12H19N5O3. The number of nitrogens with one attached hydrogen (secondary N) is 1. The molecule has 1 aromatic rings. The summed E-state index contributed by atoms with van der Waals surface area (Å²) in [7, 11) is 1.73. The van der Waals surface area contributed by atoms with Gasteiger partial charge in [-0.05, 0) is 6.07 Å². The first-order valence-electron chi connectivity index (χ1n) is 6.57. The highest BCUT2D eigenvalue weighted by Gasteiger charge is 2.25. The second kappa shape index (κ2) is 6.49. The van der Waals surface area contributed by atoms with Gasteiger partial charge in [0.1, 0.15) is 5.82 Å². The van der Waals surface area contributed by atoms with Crippen molar-refractivity contribution in [1.29, 1.82) is 0 Å². The first-order chi connectivity index (χ1) is 9.65. The third-order valence-electron chi connectivity index (χ3n) is 3.40. The summed E-state index contributed by atoms with van der Waals surface area (Å²) in [6, 6.07) is 3.08. The van der Waals surface area contributed by atoms with Gasteiger partial charge >= 0.3 is 5.69 Å². The topological polar surface area (TPSA) is 94.8 Å². The third kappa shape index (κ3) is 3.14. The standard InChI is InChI=1S/C12H19N5O3/c1-13-11-3-2-10(17(19)20)12(14-11)16-6-4-15(5-7-16)8-9-18/h2-3,18H,4-9H2,1H3,(H,13,14). The Hall–Kier alpha value is -1.93. The van der Waals surface area contributed by atoms with Crippen molar-refractivity contribution in [3.8, 4) is 0 Å². The summed E-state index contributed by atoms with van der Waals surface area (Å²) < 4.78 is 0. The van der Waals surface area contributed by atoms with Crippen LogP contribution in [0.3, 0.4) is 0 Å². The Morgan fingerprint density at radius 1 is 1.40 bits per heavy atom. The van der Waals surface area contributed by atoms with Crippen LogP contribution < -0.4 is 10.2 Å². The van der Waals surface area contributed by atoms with Gasteiger partial charge in [0.05, 0.1) is 11.5 Å². The third-order valence-corrected chi connectivity index (χ3v) is 3.40. The maximum absolute atomic E-state index is 11.1. The Bertz CT molecular complexity index is 474. The number of pyridine rings is 1. The minimum atomic E-state index is -0.401. The Morgan fingerprint density at radius 3 is 2.65 bits per heavy atom. The number of anilines is 2. The molecule has 0 spiro atoms. The fourth-order valence-corrected chi connectivity index (χ4v) is 2.28. The number of nitrogens with zero attached hydrogens (tertiary/aromatic N) is 4. The Kier molecular flexibility index (Phi) is 4.70. The van der Waals surface area contributed by atoms with Gasteiger partial charge in [0.15, 0.2) is 0 Å². The molecule has 2 N–H and O–H groups in total. The molecule has 8 heteroatoms. The number of rotatable bonds is 5. The molecular weight excluding hydrogens is 262 g/mol. The molecule has 0 unspecified atom stereocenters. The van der Waals surface area contributed by atoms with Crippen molar-refractivity contribution in [2.75, 3.05) is 56.6 Å². The first-order valence-corrected chi connectivity index (χ1v) is 6.57. The minimum Gasteiger partial charge on any atom is -0.395 e. The molecule has 2 rings (SSSR count). The normalized spacial score (nSPS) is 16.2. The summed E-state index contributed by atoms with van der Waals surface area (Å²) in [4.78, 5) is 19.1. The highest BCUT2D eigenvalue weighted by atomic mass is 16.6. The van der Waals surface area contributed by atoms with E-state index in [1.165, 1.54) is 6.07 Å². The number of aliphatic hydroxyl groups is 1. The van der Waals surface area contributed by atoms with Crippen LogP contribution in [0, 0.1) is 10.1 Å². The summed E-state index contributed by atoms with van der Waals surface area (Å²) in [5.41, 5.74) is 0.0274. The smallest absolute Gasteiger partial charge is 0.311 e. The number of aliphatic hydroxyl groups excluding tert-OH is 1. The molecule has 0 bridgehead atoms. The molecule has 1 aliphatic heterocycles. The van der Waals surface area contributed by atoms with Crippen molar-refractivity contribution in [2.24, 2.45) is 0 Å². The van der Waals surface area contributed by atoms with Crippen LogP contribution >= 0.6 is 0 Å². The van der Waals surface area contributed by atoms with Gasteiger partial charge < -0.3 is 15.3 Å². The Labute approximate surface area is 117 Å². The zero-order chi connectivity index (χ0) is 14.5. The van der Waals surface area contributed by atoms with E-state index in [4.69, 9.17) is 5.11 Å². The van der Waals surface area contributed by atoms with Crippen LogP contribution in [-0.4, -0.2) is 66.3 Å². The van der Waals surface area contributed by atoms with Gasteiger partial charge in [0, 0.05) is 45.8 Å². The largest absolute Gasteiger partial charge is 0.395 e. The van der Waals surface area contributed by atoms with Crippen LogP contribution in [0.25, 0.3) is 0 Å². The number of hydrogen-bond acceptors (Lipinski definition) is 7. The molecule has 0 atom stereocenters. The molecule has 0 radical (unpaired) electrons. The average Bonchev–Trinajstić information content (AvgIpc) is 2.47. The Balaban J connectivity index is 2.17. The fraction of sp³-hybridized carbons (Fsp3) is 0.583. The van der Waals surface area contributed by atoms with Crippen LogP contribution in [0.5, 0.6) is 0 Å². The van der Waals surface area contributed by atoms with Gasteiger partial charge in [0.2, 0.25) is 5.82 Å². The van der Waals surface area contributed by atoms with Crippen LogP contribution in [0.1, 0.15) is 0 Å². The quantitative estimate of drug-likeness (QED) is 0.585. The van der Waals surface area contributed by atoms with Crippen molar-refractivity contribution in [1.82, 2.24) is 9.88 Å². The zero-order valence-corrected chi connectivity index (χ0v) is 11.4. The zero-order valence-electron chi connectivity index (χ0n) is 11.4. The molecule has 1 aliphatic rings. The van der Waals surface area contributed by atoms with E-state index in [1.807, 2.05) is 4.90 Å². The maximum Gasteiger partial charge on any atom is 0.311 e. The molecule has 0 aliphatic carbocycles. The van der Waals surface area contributed by atoms with Gasteiger partial charge in [-0.3, -0.25) is 15.0 Å². The lowest BCUT2D eigenvalue weighted by Gasteiger charge is -2.34. The summed E-state index contributed by atoms with van der Waals surface area (Å²) in [5.74, 6) is 1.02. The van der Waals surface area contributed by atoms with E-state index >= 15 is 0 Å². The first kappa shape index (κ1) is 14.5. The van der Waals surface area contributed by atoms with E-state index in [2.05, 4.69) is 15.2 Å². The SMILES string of the molecule is CNc1ccc([N+](=O)[O-])c(N2CCN(CCO)CC2)n1. The van der Waals surface area contributed by atoms with Crippen molar-refractivity contribution < 1.29 is 10.0 Å². The van der Waals surface area contributed by atoms with E-state index in [0.717, 1.165) is 13.1 Å². The van der Waals surface area contributed by atoms with Crippen LogP contribution in [0.4, 0.5) is 17.3 Å². The molecule has 0 amide bonds. The van der Waals surface area contributed by atoms with Gasteiger partial charge in [-0.15, -0.1) is 0 Å². The van der Waals surface area contributed by atoms with Crippen LogP contribution in [0.2, 0.25) is 0 Å². The summed E-state index contributed by atoms with van der Waals surface area (Å²) in [6.45, 7) is 3.64. The van der Waals surface area contributed by atoms with Crippen molar-refractivity contribution in [2.45, 2.75) is 0 Å². The highest BCUT2D eigenvalue weighted by molar-refractivity contribution is 5.62. The molecule has 1 aromatic heterocycles. The van der Waals surface area contributed by atoms with Crippen molar-refractivity contribution >= 4 is 17.3 Å².